The molecule has 0 saturated heterocycles. The van der Waals surface area contributed by atoms with Crippen molar-refractivity contribution in [2.24, 2.45) is 4.99 Å². The Hall–Kier alpha value is -2.40. The molecule has 0 bridgehead atoms. The number of hydrogen-bond acceptors (Lipinski definition) is 4. The van der Waals surface area contributed by atoms with Gasteiger partial charge in [0, 0.05) is 11.1 Å². The minimum absolute atomic E-state index is 0.0310. The first-order valence-electron chi connectivity index (χ1n) is 6.98. The van der Waals surface area contributed by atoms with Crippen LogP contribution < -0.4 is 0 Å². The number of carbonyl (C=O) groups is 1. The molecular formula is C17H13N3OS. The highest BCUT2D eigenvalue weighted by molar-refractivity contribution is 7.98. The minimum atomic E-state index is -0.0310. The van der Waals surface area contributed by atoms with Gasteiger partial charge < -0.3 is 4.57 Å². The van der Waals surface area contributed by atoms with Gasteiger partial charge in [0.1, 0.15) is 10.7 Å². The van der Waals surface area contributed by atoms with Gasteiger partial charge in [-0.15, -0.1) is 11.8 Å². The Bertz CT molecular complexity index is 867. The monoisotopic (exact) mass is 307 g/mol. The van der Waals surface area contributed by atoms with Crippen LogP contribution in [-0.2, 0) is 6.54 Å². The Morgan fingerprint density at radius 2 is 1.95 bits per heavy atom. The van der Waals surface area contributed by atoms with E-state index in [-0.39, 0.29) is 5.78 Å². The zero-order chi connectivity index (χ0) is 15.1. The third-order valence-electron chi connectivity index (χ3n) is 3.79. The van der Waals surface area contributed by atoms with Crippen molar-refractivity contribution in [3.05, 3.63) is 54.1 Å². The number of ketones is 1. The Labute approximate surface area is 132 Å². The molecule has 0 atom stereocenters. The summed E-state index contributed by atoms with van der Waals surface area (Å²) >= 11 is 1.60. The maximum Gasteiger partial charge on any atom is 0.231 e. The number of rotatable bonds is 3. The van der Waals surface area contributed by atoms with E-state index in [2.05, 4.69) is 16.0 Å². The van der Waals surface area contributed by atoms with Crippen molar-refractivity contribution >= 4 is 29.2 Å². The molecule has 2 heterocycles. The topological polar surface area (TPSA) is 47.2 Å². The minimum Gasteiger partial charge on any atom is -0.304 e. The molecule has 4 nitrogen and oxygen atoms in total. The summed E-state index contributed by atoms with van der Waals surface area (Å²) in [6, 6.07) is 15.4. The summed E-state index contributed by atoms with van der Waals surface area (Å²) in [5, 5.41) is 0.948. The second kappa shape index (κ2) is 5.10. The van der Waals surface area contributed by atoms with E-state index < -0.39 is 0 Å². The van der Waals surface area contributed by atoms with Crippen LogP contribution in [0.4, 0.5) is 5.95 Å². The van der Waals surface area contributed by atoms with Gasteiger partial charge in [-0.3, -0.25) is 4.79 Å². The first-order valence-corrected chi connectivity index (χ1v) is 8.21. The zero-order valence-electron chi connectivity index (χ0n) is 12.0. The van der Waals surface area contributed by atoms with Crippen LogP contribution in [0.25, 0.3) is 11.3 Å². The van der Waals surface area contributed by atoms with E-state index in [4.69, 9.17) is 0 Å². The zero-order valence-corrected chi connectivity index (χ0v) is 12.8. The first-order chi connectivity index (χ1) is 10.8. The summed E-state index contributed by atoms with van der Waals surface area (Å²) in [7, 11) is 0. The normalized spacial score (nSPS) is 13.2. The average molecular weight is 307 g/mol. The maximum absolute atomic E-state index is 12.6. The third-order valence-corrected chi connectivity index (χ3v) is 4.49. The highest BCUT2D eigenvalue weighted by Crippen LogP contribution is 2.36. The summed E-state index contributed by atoms with van der Waals surface area (Å²) in [5.74, 6) is 0.582. The van der Waals surface area contributed by atoms with Gasteiger partial charge in [-0.25, -0.2) is 9.98 Å². The Kier molecular flexibility index (Phi) is 3.08. The second-order valence-corrected chi connectivity index (χ2v) is 5.88. The van der Waals surface area contributed by atoms with Crippen molar-refractivity contribution < 1.29 is 4.79 Å². The van der Waals surface area contributed by atoms with E-state index in [0.29, 0.717) is 23.8 Å². The molecule has 22 heavy (non-hydrogen) atoms. The van der Waals surface area contributed by atoms with E-state index in [1.54, 1.807) is 11.8 Å². The van der Waals surface area contributed by atoms with E-state index in [0.717, 1.165) is 16.3 Å². The molecular weight excluding hydrogens is 294 g/mol. The molecule has 0 amide bonds. The van der Waals surface area contributed by atoms with Gasteiger partial charge in [0.15, 0.2) is 0 Å². The van der Waals surface area contributed by atoms with Gasteiger partial charge in [0.05, 0.1) is 12.2 Å². The fraction of sp³-hybridized carbons (Fsp3) is 0.118. The van der Waals surface area contributed by atoms with Gasteiger partial charge in [0.2, 0.25) is 11.7 Å². The van der Waals surface area contributed by atoms with Crippen LogP contribution in [0.5, 0.6) is 0 Å². The van der Waals surface area contributed by atoms with Crippen molar-refractivity contribution in [3.63, 3.8) is 0 Å². The van der Waals surface area contributed by atoms with E-state index in [1.807, 2.05) is 53.3 Å². The molecule has 0 aromatic heterocycles. The third kappa shape index (κ3) is 1.97. The van der Waals surface area contributed by atoms with Crippen molar-refractivity contribution in [1.82, 2.24) is 9.55 Å². The SMILES string of the molecule is CSc1nc2n(c3cccc1-3)CC(C(=O)c1ccccc1)=N2. The molecule has 0 radical (unpaired) electrons. The summed E-state index contributed by atoms with van der Waals surface area (Å²) in [6.45, 7) is 0.477. The number of carbonyl (C=O) groups excluding carboxylic acids is 1. The van der Waals surface area contributed by atoms with Crippen LogP contribution in [-0.4, -0.2) is 27.3 Å². The lowest BCUT2D eigenvalue weighted by Crippen LogP contribution is -2.17. The predicted octanol–water partition coefficient (Wildman–Crippen LogP) is 3.68. The molecule has 0 N–H and O–H groups in total. The number of nitrogens with zero attached hydrogens (tertiary/aromatic N) is 3. The fourth-order valence-corrected chi connectivity index (χ4v) is 3.29. The van der Waals surface area contributed by atoms with Gasteiger partial charge in [-0.1, -0.05) is 42.5 Å². The molecule has 1 aromatic carbocycles. The number of thioether (sulfide) groups is 1. The Morgan fingerprint density at radius 3 is 2.73 bits per heavy atom. The van der Waals surface area contributed by atoms with E-state index in [1.165, 1.54) is 0 Å². The highest BCUT2D eigenvalue weighted by Gasteiger charge is 2.26. The van der Waals surface area contributed by atoms with Crippen molar-refractivity contribution in [2.45, 2.75) is 11.6 Å². The summed E-state index contributed by atoms with van der Waals surface area (Å²) in [6.07, 6.45) is 2.00. The number of benzene rings is 1. The number of Topliss-reactive ketones (excluding diaryl/α,β-unsaturated/α-hetero) is 1. The maximum atomic E-state index is 12.6. The van der Waals surface area contributed by atoms with Gasteiger partial charge in [0.25, 0.3) is 0 Å². The lowest BCUT2D eigenvalue weighted by atomic mass is 10.1. The lowest BCUT2D eigenvalue weighted by molar-refractivity contribution is 0.106. The van der Waals surface area contributed by atoms with Crippen LogP contribution in [0.15, 0.2) is 58.5 Å². The fourth-order valence-electron chi connectivity index (χ4n) is 2.73. The quantitative estimate of drug-likeness (QED) is 0.421. The van der Waals surface area contributed by atoms with Crippen LogP contribution in [0.3, 0.4) is 0 Å². The van der Waals surface area contributed by atoms with E-state index >= 15 is 0 Å². The van der Waals surface area contributed by atoms with Crippen molar-refractivity contribution in [3.8, 4) is 11.3 Å². The lowest BCUT2D eigenvalue weighted by Gasteiger charge is -2.12. The smallest absolute Gasteiger partial charge is 0.231 e. The van der Waals surface area contributed by atoms with Crippen molar-refractivity contribution in [2.75, 3.05) is 6.26 Å². The molecule has 1 aromatic rings. The largest absolute Gasteiger partial charge is 0.304 e. The molecule has 4 rings (SSSR count). The van der Waals surface area contributed by atoms with E-state index in [9.17, 15) is 4.79 Å². The standard InChI is InChI=1S/C17H13N3OS/c1-22-16-12-8-5-9-14(12)20-10-13(18-17(20)19-16)15(21)11-6-3-2-4-7-11/h2-9H,10H2,1H3. The number of hydrogen-bond donors (Lipinski definition) is 0. The molecule has 108 valence electrons. The molecule has 0 spiro atoms. The van der Waals surface area contributed by atoms with Crippen LogP contribution in [0.2, 0.25) is 0 Å². The summed E-state index contributed by atoms with van der Waals surface area (Å²) < 4.78 is 2.01. The summed E-state index contributed by atoms with van der Waals surface area (Å²) in [4.78, 5) is 21.6. The second-order valence-electron chi connectivity index (χ2n) is 5.09. The average Bonchev–Trinajstić information content (AvgIpc) is 3.20. The molecule has 0 fully saturated rings. The molecule has 0 saturated carbocycles. The van der Waals surface area contributed by atoms with Crippen LogP contribution in [0.1, 0.15) is 10.4 Å². The molecule has 0 unspecified atom stereocenters. The number of aromatic nitrogens is 2. The Balaban J connectivity index is 1.77. The van der Waals surface area contributed by atoms with Gasteiger partial charge >= 0.3 is 0 Å². The highest BCUT2D eigenvalue weighted by atomic mass is 32.2. The Morgan fingerprint density at radius 1 is 1.14 bits per heavy atom. The molecule has 1 aliphatic carbocycles. The number of aliphatic imine (C=N–C) groups is 1. The number of fused-ring (bicyclic) bond motifs is 3. The molecule has 5 heteroatoms. The van der Waals surface area contributed by atoms with Crippen molar-refractivity contribution in [1.29, 1.82) is 0 Å². The van der Waals surface area contributed by atoms with Gasteiger partial charge in [-0.2, -0.15) is 0 Å². The van der Waals surface area contributed by atoms with Gasteiger partial charge in [-0.05, 0) is 12.3 Å². The summed E-state index contributed by atoms with van der Waals surface area (Å²) in [5.41, 5.74) is 3.40. The van der Waals surface area contributed by atoms with Crippen LogP contribution in [0, 0.1) is 0 Å². The first kappa shape index (κ1) is 13.3. The molecule has 3 aliphatic rings. The molecule has 2 aliphatic heterocycles. The predicted molar refractivity (Wildman–Crippen MR) is 88.5 cm³/mol. The van der Waals surface area contributed by atoms with Crippen LogP contribution >= 0.6 is 11.8 Å².